The van der Waals surface area contributed by atoms with Crippen LogP contribution in [0, 0.1) is 0 Å². The van der Waals surface area contributed by atoms with Crippen LogP contribution in [0.5, 0.6) is 0 Å². The molecule has 7 nitrogen and oxygen atoms in total. The maximum atomic E-state index is 13.1. The Morgan fingerprint density at radius 3 is 2.45 bits per heavy atom. The molecule has 6 aromatic rings. The van der Waals surface area contributed by atoms with Crippen LogP contribution in [0.1, 0.15) is 29.2 Å². The average Bonchev–Trinajstić information content (AvgIpc) is 3.61. The number of aromatic nitrogens is 3. The lowest BCUT2D eigenvalue weighted by Gasteiger charge is -2.24. The molecule has 3 heterocycles. The van der Waals surface area contributed by atoms with Crippen molar-refractivity contribution in [3.05, 3.63) is 141 Å². The number of benzene rings is 4. The van der Waals surface area contributed by atoms with Gasteiger partial charge < -0.3 is 4.98 Å². The molecule has 0 saturated heterocycles. The monoisotopic (exact) mass is 586 g/mol. The molecule has 0 aliphatic carbocycles. The highest BCUT2D eigenvalue weighted by Gasteiger charge is 2.29. The molecule has 1 atom stereocenters. The molecule has 0 unspecified atom stereocenters. The highest BCUT2D eigenvalue weighted by Crippen LogP contribution is 2.36. The van der Waals surface area contributed by atoms with Gasteiger partial charge in [0.2, 0.25) is 0 Å². The van der Waals surface area contributed by atoms with Crippen LogP contribution >= 0.6 is 15.9 Å². The Hall–Kier alpha value is -4.82. The van der Waals surface area contributed by atoms with Gasteiger partial charge in [-0.1, -0.05) is 88.7 Å². The van der Waals surface area contributed by atoms with E-state index in [1.165, 1.54) is 16.6 Å². The summed E-state index contributed by atoms with van der Waals surface area (Å²) in [5, 5.41) is 12.4. The number of rotatable bonds is 5. The maximum absolute atomic E-state index is 13.1. The minimum atomic E-state index is -0.254. The number of halogens is 1. The van der Waals surface area contributed by atoms with Crippen molar-refractivity contribution in [3.8, 4) is 0 Å². The van der Waals surface area contributed by atoms with Crippen molar-refractivity contribution in [2.45, 2.75) is 12.5 Å². The molecule has 2 aromatic heterocycles. The first-order valence-corrected chi connectivity index (χ1v) is 13.7. The van der Waals surface area contributed by atoms with Gasteiger partial charge in [0.25, 0.3) is 5.56 Å². The highest BCUT2D eigenvalue weighted by molar-refractivity contribution is 9.10. The molecule has 1 aliphatic heterocycles. The summed E-state index contributed by atoms with van der Waals surface area (Å²) in [6, 6.07) is 34.7. The molecule has 0 spiro atoms. The van der Waals surface area contributed by atoms with Gasteiger partial charge in [0.15, 0.2) is 0 Å². The average molecular weight is 587 g/mol. The molecule has 1 aliphatic rings. The van der Waals surface area contributed by atoms with Crippen molar-refractivity contribution in [1.29, 1.82) is 0 Å². The highest BCUT2D eigenvalue weighted by atomic mass is 79.9. The van der Waals surface area contributed by atoms with Gasteiger partial charge in [0.05, 0.1) is 23.7 Å². The van der Waals surface area contributed by atoms with E-state index < -0.39 is 0 Å². The van der Waals surface area contributed by atoms with Gasteiger partial charge in [0.1, 0.15) is 17.4 Å². The number of aromatic amines is 1. The minimum Gasteiger partial charge on any atom is -0.349 e. The second-order valence-corrected chi connectivity index (χ2v) is 10.6. The van der Waals surface area contributed by atoms with Gasteiger partial charge >= 0.3 is 0 Å². The lowest BCUT2D eigenvalue weighted by Crippen LogP contribution is -2.18. The Balaban J connectivity index is 1.18. The zero-order valence-corrected chi connectivity index (χ0v) is 22.9. The summed E-state index contributed by atoms with van der Waals surface area (Å²) in [5.74, 6) is 0. The molecule has 1 N–H and O–H groups in total. The number of nitrogens with zero attached hydrogens (tertiary/aromatic N) is 5. The first-order valence-electron chi connectivity index (χ1n) is 12.9. The van der Waals surface area contributed by atoms with Gasteiger partial charge in [-0.2, -0.15) is 14.9 Å². The van der Waals surface area contributed by atoms with Crippen molar-refractivity contribution in [2.75, 3.05) is 5.01 Å². The Morgan fingerprint density at radius 1 is 0.925 bits per heavy atom. The molecule has 194 valence electrons. The predicted molar refractivity (Wildman–Crippen MR) is 164 cm³/mol. The first-order chi connectivity index (χ1) is 19.6. The van der Waals surface area contributed by atoms with Crippen molar-refractivity contribution in [2.24, 2.45) is 10.2 Å². The quantitative estimate of drug-likeness (QED) is 0.224. The topological polar surface area (TPSA) is 78.6 Å². The number of hydrogen-bond acceptors (Lipinski definition) is 5. The fourth-order valence-corrected chi connectivity index (χ4v) is 5.49. The number of anilines is 1. The minimum absolute atomic E-state index is 0.101. The standard InChI is InChI=1S/C32H23BrN6O/c33-24-13-16-27-26(17-24)30-31(36-27)32(40)38(20-34-30)35-19-21-11-14-25(15-12-21)39-29(23-9-5-2-6-10-23)18-28(37-39)22-7-3-1-4-8-22/h1-17,19-20,29,36H,18H2/b35-19-/t29-/m1/s1. The second-order valence-electron chi connectivity index (χ2n) is 9.66. The van der Waals surface area contributed by atoms with E-state index in [2.05, 4.69) is 72.4 Å². The third-order valence-electron chi connectivity index (χ3n) is 7.14. The van der Waals surface area contributed by atoms with E-state index in [-0.39, 0.29) is 11.6 Å². The molecule has 8 heteroatoms. The number of nitrogens with one attached hydrogen (secondary N) is 1. The predicted octanol–water partition coefficient (Wildman–Crippen LogP) is 6.88. The SMILES string of the molecule is O=c1c2[nH]c3ccc(Br)cc3c2ncn1/N=C\c1ccc(N2N=C(c3ccccc3)C[C@@H]2c2ccccc2)cc1. The summed E-state index contributed by atoms with van der Waals surface area (Å²) in [7, 11) is 0. The maximum Gasteiger partial charge on any atom is 0.298 e. The zero-order chi connectivity index (χ0) is 27.1. The molecule has 0 saturated carbocycles. The summed E-state index contributed by atoms with van der Waals surface area (Å²) in [6.45, 7) is 0. The molecule has 40 heavy (non-hydrogen) atoms. The molecule has 0 fully saturated rings. The lowest BCUT2D eigenvalue weighted by atomic mass is 9.98. The molecular weight excluding hydrogens is 564 g/mol. The Morgan fingerprint density at radius 2 is 1.68 bits per heavy atom. The largest absolute Gasteiger partial charge is 0.349 e. The van der Waals surface area contributed by atoms with E-state index in [9.17, 15) is 4.79 Å². The van der Waals surface area contributed by atoms with Crippen LogP contribution in [-0.2, 0) is 0 Å². The lowest BCUT2D eigenvalue weighted by molar-refractivity contribution is 0.709. The fraction of sp³-hybridized carbons (Fsp3) is 0.0625. The van der Waals surface area contributed by atoms with Gasteiger partial charge in [-0.25, -0.2) is 4.98 Å². The van der Waals surface area contributed by atoms with E-state index in [0.717, 1.165) is 44.3 Å². The Kier molecular flexibility index (Phi) is 6.09. The molecule has 4 aromatic carbocycles. The molecular formula is C32H23BrN6O. The molecule has 0 radical (unpaired) electrons. The van der Waals surface area contributed by atoms with Gasteiger partial charge in [-0.15, -0.1) is 0 Å². The van der Waals surface area contributed by atoms with Crippen LogP contribution in [0.2, 0.25) is 0 Å². The van der Waals surface area contributed by atoms with Gasteiger partial charge in [-0.05, 0) is 47.0 Å². The van der Waals surface area contributed by atoms with E-state index >= 15 is 0 Å². The third-order valence-corrected chi connectivity index (χ3v) is 7.64. The van der Waals surface area contributed by atoms with Crippen molar-refractivity contribution >= 4 is 55.5 Å². The van der Waals surface area contributed by atoms with Crippen molar-refractivity contribution < 1.29 is 0 Å². The summed E-state index contributed by atoms with van der Waals surface area (Å²) < 4.78 is 2.18. The van der Waals surface area contributed by atoms with Gasteiger partial charge in [0, 0.05) is 21.8 Å². The van der Waals surface area contributed by atoms with Gasteiger partial charge in [-0.3, -0.25) is 9.80 Å². The van der Waals surface area contributed by atoms with Crippen LogP contribution in [0.3, 0.4) is 0 Å². The van der Waals surface area contributed by atoms with E-state index in [0.29, 0.717) is 11.0 Å². The summed E-state index contributed by atoms with van der Waals surface area (Å²) in [4.78, 5) is 20.8. The van der Waals surface area contributed by atoms with Crippen LogP contribution in [0.25, 0.3) is 21.9 Å². The first kappa shape index (κ1) is 24.2. The van der Waals surface area contributed by atoms with Crippen molar-refractivity contribution in [3.63, 3.8) is 0 Å². The number of fused-ring (bicyclic) bond motifs is 3. The van der Waals surface area contributed by atoms with Crippen molar-refractivity contribution in [1.82, 2.24) is 14.6 Å². The zero-order valence-electron chi connectivity index (χ0n) is 21.3. The Labute approximate surface area is 238 Å². The fourth-order valence-electron chi connectivity index (χ4n) is 5.13. The Bertz CT molecular complexity index is 1960. The van der Waals surface area contributed by atoms with E-state index in [4.69, 9.17) is 5.10 Å². The molecule has 0 bridgehead atoms. The third kappa shape index (κ3) is 4.42. The van der Waals surface area contributed by atoms with E-state index in [1.54, 1.807) is 6.21 Å². The molecule has 0 amide bonds. The second kappa shape index (κ2) is 10.1. The van der Waals surface area contributed by atoms with Crippen LogP contribution in [0.4, 0.5) is 5.69 Å². The number of H-pyrrole nitrogens is 1. The summed E-state index contributed by atoms with van der Waals surface area (Å²) in [6.07, 6.45) is 3.94. The number of hydrazone groups is 1. The normalized spacial score (nSPS) is 15.4. The summed E-state index contributed by atoms with van der Waals surface area (Å²) in [5.41, 5.74) is 6.92. The van der Waals surface area contributed by atoms with Crippen LogP contribution in [-0.4, -0.2) is 26.6 Å². The van der Waals surface area contributed by atoms with Crippen LogP contribution in [0.15, 0.2) is 129 Å². The smallest absolute Gasteiger partial charge is 0.298 e. The summed E-state index contributed by atoms with van der Waals surface area (Å²) >= 11 is 3.48. The number of hydrogen-bond donors (Lipinski definition) is 1. The van der Waals surface area contributed by atoms with E-state index in [1.807, 2.05) is 66.7 Å². The molecule has 7 rings (SSSR count). The van der Waals surface area contributed by atoms with Crippen LogP contribution < -0.4 is 10.6 Å².